The molecule has 1 aromatic carbocycles. The van der Waals surface area contributed by atoms with Gasteiger partial charge in [-0.15, -0.1) is 11.8 Å². The monoisotopic (exact) mass is 472 g/mol. The summed E-state index contributed by atoms with van der Waals surface area (Å²) in [5, 5.41) is 5.72. The van der Waals surface area contributed by atoms with Gasteiger partial charge in [0.2, 0.25) is 0 Å². The number of urea groups is 1. The normalized spacial score (nSPS) is 14.4. The van der Waals surface area contributed by atoms with Gasteiger partial charge in [0.05, 0.1) is 18.9 Å². The average molecular weight is 473 g/mol. The number of morpholine rings is 1. The third kappa shape index (κ3) is 8.49. The first-order valence-electron chi connectivity index (χ1n) is 11.3. The van der Waals surface area contributed by atoms with E-state index in [1.807, 2.05) is 55.0 Å². The lowest BCUT2D eigenvalue weighted by Gasteiger charge is -2.28. The molecule has 2 amide bonds. The van der Waals surface area contributed by atoms with E-state index >= 15 is 0 Å². The Morgan fingerprint density at radius 3 is 2.48 bits per heavy atom. The van der Waals surface area contributed by atoms with Crippen LogP contribution in [0.5, 0.6) is 0 Å². The van der Waals surface area contributed by atoms with Crippen LogP contribution in [0.1, 0.15) is 26.5 Å². The summed E-state index contributed by atoms with van der Waals surface area (Å²) in [6.45, 7) is 11.1. The van der Waals surface area contributed by atoms with Crippen LogP contribution in [0.2, 0.25) is 0 Å². The Morgan fingerprint density at radius 1 is 1.15 bits per heavy atom. The minimum Gasteiger partial charge on any atom is -0.378 e. The second-order valence-electron chi connectivity index (χ2n) is 9.30. The Kier molecular flexibility index (Phi) is 8.94. The van der Waals surface area contributed by atoms with Crippen LogP contribution in [0, 0.1) is 0 Å². The van der Waals surface area contributed by atoms with Crippen molar-refractivity contribution in [2.24, 2.45) is 0 Å². The van der Waals surface area contributed by atoms with Crippen LogP contribution < -0.4 is 15.5 Å². The number of anilines is 2. The van der Waals surface area contributed by atoms with Gasteiger partial charge in [-0.3, -0.25) is 0 Å². The molecular weight excluding hydrogens is 436 g/mol. The molecule has 1 aliphatic heterocycles. The van der Waals surface area contributed by atoms with Crippen LogP contribution in [0.4, 0.5) is 16.3 Å². The summed E-state index contributed by atoms with van der Waals surface area (Å²) in [5.74, 6) is 2.46. The third-order valence-corrected chi connectivity index (χ3v) is 6.31. The molecule has 1 aromatic heterocycles. The van der Waals surface area contributed by atoms with Crippen LogP contribution in [-0.2, 0) is 10.5 Å². The van der Waals surface area contributed by atoms with Crippen molar-refractivity contribution in [3.05, 3.63) is 36.0 Å². The summed E-state index contributed by atoms with van der Waals surface area (Å²) >= 11 is 1.87. The maximum Gasteiger partial charge on any atom is 0.319 e. The zero-order valence-electron chi connectivity index (χ0n) is 20.4. The molecule has 0 unspecified atom stereocenters. The fourth-order valence-corrected chi connectivity index (χ4v) is 3.93. The summed E-state index contributed by atoms with van der Waals surface area (Å²) in [6.07, 6.45) is 0. The molecule has 0 aliphatic carbocycles. The number of nitrogens with zero attached hydrogens (tertiary/aromatic N) is 4. The van der Waals surface area contributed by atoms with Crippen molar-refractivity contribution in [3.8, 4) is 11.4 Å². The zero-order chi connectivity index (χ0) is 23.8. The van der Waals surface area contributed by atoms with Crippen molar-refractivity contribution in [3.63, 3.8) is 0 Å². The largest absolute Gasteiger partial charge is 0.378 e. The first kappa shape index (κ1) is 25.3. The molecule has 0 bridgehead atoms. The Labute approximate surface area is 201 Å². The van der Waals surface area contributed by atoms with Gasteiger partial charge in [-0.25, -0.2) is 14.8 Å². The molecule has 2 aromatic rings. The minimum atomic E-state index is -0.211. The van der Waals surface area contributed by atoms with Crippen LogP contribution in [-0.4, -0.2) is 79.1 Å². The SMILES string of the molecule is CN(C)CCNC(=O)Nc1ccc(-c2nc(CSC(C)(C)C)cc(N3CCOCC3)n2)cc1. The number of rotatable bonds is 8. The van der Waals surface area contributed by atoms with E-state index in [2.05, 4.69) is 42.4 Å². The molecule has 180 valence electrons. The summed E-state index contributed by atoms with van der Waals surface area (Å²) in [5.41, 5.74) is 2.67. The Morgan fingerprint density at radius 2 is 1.85 bits per heavy atom. The lowest BCUT2D eigenvalue weighted by molar-refractivity contribution is 0.122. The molecule has 9 heteroatoms. The molecule has 1 aliphatic rings. The molecule has 8 nitrogen and oxygen atoms in total. The average Bonchev–Trinajstić information content (AvgIpc) is 2.78. The third-order valence-electron chi connectivity index (χ3n) is 5.00. The number of amides is 2. The number of carbonyl (C=O) groups is 1. The number of hydrogen-bond acceptors (Lipinski definition) is 7. The van der Waals surface area contributed by atoms with E-state index in [9.17, 15) is 4.79 Å². The van der Waals surface area contributed by atoms with E-state index in [1.54, 1.807) is 0 Å². The maximum absolute atomic E-state index is 12.1. The van der Waals surface area contributed by atoms with Gasteiger partial charge >= 0.3 is 6.03 Å². The fourth-order valence-electron chi connectivity index (χ4n) is 3.20. The molecule has 0 atom stereocenters. The number of aromatic nitrogens is 2. The molecule has 1 saturated heterocycles. The lowest BCUT2D eigenvalue weighted by atomic mass is 10.2. The molecule has 0 radical (unpaired) electrons. The van der Waals surface area contributed by atoms with E-state index < -0.39 is 0 Å². The van der Waals surface area contributed by atoms with Gasteiger partial charge < -0.3 is 25.2 Å². The number of ether oxygens (including phenoxy) is 1. The summed E-state index contributed by atoms with van der Waals surface area (Å²) < 4.78 is 5.67. The molecule has 3 rings (SSSR count). The summed E-state index contributed by atoms with van der Waals surface area (Å²) in [4.78, 5) is 26.1. The highest BCUT2D eigenvalue weighted by atomic mass is 32.2. The fraction of sp³-hybridized carbons (Fsp3) is 0.542. The standard InChI is InChI=1S/C24H36N6O2S/c1-24(2,3)33-17-20-16-21(30-12-14-32-15-13-30)28-22(26-20)18-6-8-19(9-7-18)27-23(31)25-10-11-29(4)5/h6-9,16H,10-15,17H2,1-5H3,(H2,25,27,31). The predicted molar refractivity (Wildman–Crippen MR) is 137 cm³/mol. The van der Waals surface area contributed by atoms with Gasteiger partial charge in [0.1, 0.15) is 5.82 Å². The molecule has 1 fully saturated rings. The quantitative estimate of drug-likeness (QED) is 0.606. The van der Waals surface area contributed by atoms with Crippen molar-refractivity contribution in [2.75, 3.05) is 63.7 Å². The number of benzene rings is 1. The Hall–Kier alpha value is -2.36. The van der Waals surface area contributed by atoms with Gasteiger partial charge in [-0.2, -0.15) is 0 Å². The smallest absolute Gasteiger partial charge is 0.319 e. The van der Waals surface area contributed by atoms with Gasteiger partial charge in [0.15, 0.2) is 5.82 Å². The molecule has 0 spiro atoms. The van der Waals surface area contributed by atoms with Gasteiger partial charge in [-0.1, -0.05) is 20.8 Å². The van der Waals surface area contributed by atoms with Gasteiger partial charge in [0.25, 0.3) is 0 Å². The molecular formula is C24H36N6O2S. The van der Waals surface area contributed by atoms with E-state index in [1.165, 1.54) is 0 Å². The van der Waals surface area contributed by atoms with E-state index in [0.717, 1.165) is 48.1 Å². The molecule has 33 heavy (non-hydrogen) atoms. The van der Waals surface area contributed by atoms with E-state index in [-0.39, 0.29) is 10.8 Å². The first-order chi connectivity index (χ1) is 15.7. The second-order valence-corrected chi connectivity index (χ2v) is 11.1. The highest BCUT2D eigenvalue weighted by molar-refractivity contribution is 7.99. The van der Waals surface area contributed by atoms with Crippen molar-refractivity contribution in [1.82, 2.24) is 20.2 Å². The highest BCUT2D eigenvalue weighted by Gasteiger charge is 2.18. The van der Waals surface area contributed by atoms with Crippen molar-refractivity contribution < 1.29 is 9.53 Å². The molecule has 2 N–H and O–H groups in total. The first-order valence-corrected chi connectivity index (χ1v) is 12.3. The zero-order valence-corrected chi connectivity index (χ0v) is 21.2. The topological polar surface area (TPSA) is 82.6 Å². The van der Waals surface area contributed by atoms with Crippen LogP contribution >= 0.6 is 11.8 Å². The lowest BCUT2D eigenvalue weighted by Crippen LogP contribution is -2.37. The summed E-state index contributed by atoms with van der Waals surface area (Å²) in [7, 11) is 3.95. The molecule has 0 saturated carbocycles. The van der Waals surface area contributed by atoms with E-state index in [4.69, 9.17) is 14.7 Å². The van der Waals surface area contributed by atoms with Crippen LogP contribution in [0.25, 0.3) is 11.4 Å². The Balaban J connectivity index is 1.75. The summed E-state index contributed by atoms with van der Waals surface area (Å²) in [6, 6.07) is 9.56. The second kappa shape index (κ2) is 11.7. The van der Waals surface area contributed by atoms with Crippen molar-refractivity contribution in [1.29, 1.82) is 0 Å². The maximum atomic E-state index is 12.1. The van der Waals surface area contributed by atoms with Crippen LogP contribution in [0.3, 0.4) is 0 Å². The van der Waals surface area contributed by atoms with Crippen molar-refractivity contribution >= 4 is 29.3 Å². The number of thioether (sulfide) groups is 1. The highest BCUT2D eigenvalue weighted by Crippen LogP contribution is 2.29. The van der Waals surface area contributed by atoms with Crippen molar-refractivity contribution in [2.45, 2.75) is 31.3 Å². The van der Waals surface area contributed by atoms with E-state index in [0.29, 0.717) is 25.6 Å². The number of likely N-dealkylation sites (N-methyl/N-ethyl adjacent to an activating group) is 1. The van der Waals surface area contributed by atoms with Gasteiger partial charge in [-0.05, 0) is 38.4 Å². The number of hydrogen-bond donors (Lipinski definition) is 2. The van der Waals surface area contributed by atoms with Gasteiger partial charge in [0, 0.05) is 54.0 Å². The molecule has 2 heterocycles. The van der Waals surface area contributed by atoms with Crippen LogP contribution in [0.15, 0.2) is 30.3 Å². The Bertz CT molecular complexity index is 908. The number of nitrogens with one attached hydrogen (secondary N) is 2. The number of carbonyl (C=O) groups excluding carboxylic acids is 1. The minimum absolute atomic E-state index is 0.157. The predicted octanol–water partition coefficient (Wildman–Crippen LogP) is 3.70.